The van der Waals surface area contributed by atoms with Crippen molar-refractivity contribution in [3.05, 3.63) is 47.5 Å². The first kappa shape index (κ1) is 13.2. The zero-order valence-corrected chi connectivity index (χ0v) is 15.1. The predicted octanol–water partition coefficient (Wildman–Crippen LogP) is 5.20. The molecule has 0 unspecified atom stereocenters. The molecule has 1 heterocycles. The van der Waals surface area contributed by atoms with E-state index in [4.69, 9.17) is 0 Å². The maximum absolute atomic E-state index is 2.61. The van der Waals surface area contributed by atoms with Crippen LogP contribution < -0.4 is 0 Å². The molecule has 1 aliphatic rings. The summed E-state index contributed by atoms with van der Waals surface area (Å²) in [5, 5.41) is 2.94. The molecule has 3 rings (SSSR count). The molecule has 0 bridgehead atoms. The van der Waals surface area contributed by atoms with E-state index in [9.17, 15) is 0 Å². The van der Waals surface area contributed by atoms with Crippen LogP contribution in [0.3, 0.4) is 0 Å². The Morgan fingerprint density at radius 1 is 0.737 bits per heavy atom. The van der Waals surface area contributed by atoms with Gasteiger partial charge in [0.15, 0.2) is 0 Å². The topological polar surface area (TPSA) is 0 Å². The van der Waals surface area contributed by atoms with E-state index < -0.39 is 13.3 Å². The van der Waals surface area contributed by atoms with Gasteiger partial charge in [0.25, 0.3) is 0 Å². The predicted molar refractivity (Wildman–Crippen MR) is 87.5 cm³/mol. The van der Waals surface area contributed by atoms with E-state index in [1.165, 1.54) is 10.8 Å². The van der Waals surface area contributed by atoms with Crippen LogP contribution in [0.2, 0.25) is 11.5 Å². The molecule has 2 aromatic rings. The molecule has 0 fully saturated rings. The van der Waals surface area contributed by atoms with Gasteiger partial charge >= 0.3 is 119 Å². The van der Waals surface area contributed by atoms with Crippen LogP contribution in [0.25, 0.3) is 10.8 Å². The van der Waals surface area contributed by atoms with Crippen LogP contribution >= 0.6 is 0 Å². The molecule has 0 aromatic heterocycles. The van der Waals surface area contributed by atoms with E-state index >= 15 is 0 Å². The molecular formula is C18H24Ge. The van der Waals surface area contributed by atoms with E-state index in [1.807, 2.05) is 0 Å². The van der Waals surface area contributed by atoms with Gasteiger partial charge in [-0.3, -0.25) is 0 Å². The second-order valence-corrected chi connectivity index (χ2v) is 19.6. The van der Waals surface area contributed by atoms with Crippen LogP contribution in [-0.4, -0.2) is 13.3 Å². The van der Waals surface area contributed by atoms with E-state index in [0.717, 1.165) is 0 Å². The van der Waals surface area contributed by atoms with Crippen molar-refractivity contribution in [1.29, 1.82) is 0 Å². The summed E-state index contributed by atoms with van der Waals surface area (Å²) in [6.45, 7) is 9.94. The average molecular weight is 313 g/mol. The van der Waals surface area contributed by atoms with Crippen molar-refractivity contribution >= 4 is 24.0 Å². The molecule has 0 N–H and O–H groups in total. The molecule has 1 aliphatic heterocycles. The summed E-state index contributed by atoms with van der Waals surface area (Å²) < 4.78 is 0.717. The summed E-state index contributed by atoms with van der Waals surface area (Å²) >= 11 is -2.06. The van der Waals surface area contributed by atoms with Crippen molar-refractivity contribution in [2.45, 2.75) is 47.7 Å². The van der Waals surface area contributed by atoms with Crippen LogP contribution in [0.15, 0.2) is 36.4 Å². The Morgan fingerprint density at radius 2 is 1.16 bits per heavy atom. The van der Waals surface area contributed by atoms with E-state index in [1.54, 1.807) is 11.1 Å². The first-order valence-electron chi connectivity index (χ1n) is 7.24. The molecular weight excluding hydrogens is 289 g/mol. The maximum atomic E-state index is 2.61. The standard InChI is InChI=1S/C18H24Ge/c1-17(2)14-11-7-9-13-10-8-12-15(16(13)14)18(3,4)19(17,5)6/h7-12H,1-6H3. The van der Waals surface area contributed by atoms with Gasteiger partial charge < -0.3 is 0 Å². The quantitative estimate of drug-likeness (QED) is 0.587. The van der Waals surface area contributed by atoms with Gasteiger partial charge in [-0.15, -0.1) is 0 Å². The fraction of sp³-hybridized carbons (Fsp3) is 0.444. The van der Waals surface area contributed by atoms with Crippen LogP contribution in [0.1, 0.15) is 38.8 Å². The Kier molecular flexibility index (Phi) is 2.55. The molecule has 0 amide bonds. The molecule has 19 heavy (non-hydrogen) atoms. The zero-order valence-electron chi connectivity index (χ0n) is 13.0. The molecule has 0 nitrogen and oxygen atoms in total. The fourth-order valence-electron chi connectivity index (χ4n) is 3.84. The third-order valence-corrected chi connectivity index (χ3v) is 20.6. The summed E-state index contributed by atoms with van der Waals surface area (Å²) in [4.78, 5) is 0. The Morgan fingerprint density at radius 3 is 1.58 bits per heavy atom. The molecule has 0 radical (unpaired) electrons. The third-order valence-electron chi connectivity index (χ3n) is 6.38. The van der Waals surface area contributed by atoms with Crippen molar-refractivity contribution in [1.82, 2.24) is 0 Å². The SMILES string of the molecule is C[C]1(C)c2cccc3cccc(c23)[C](C)(C)[Ge]1([CH3])[CH3]. The monoisotopic (exact) mass is 314 g/mol. The van der Waals surface area contributed by atoms with Gasteiger partial charge in [-0.25, -0.2) is 0 Å². The number of rotatable bonds is 0. The third kappa shape index (κ3) is 1.41. The summed E-state index contributed by atoms with van der Waals surface area (Å²) in [5.41, 5.74) is 3.18. The number of benzene rings is 2. The van der Waals surface area contributed by atoms with Crippen molar-refractivity contribution < 1.29 is 0 Å². The van der Waals surface area contributed by atoms with Gasteiger partial charge in [0.1, 0.15) is 0 Å². The van der Waals surface area contributed by atoms with Gasteiger partial charge in [-0.05, 0) is 0 Å². The van der Waals surface area contributed by atoms with Gasteiger partial charge in [-0.1, -0.05) is 0 Å². The van der Waals surface area contributed by atoms with Crippen LogP contribution in [-0.2, 0) is 8.49 Å². The molecule has 0 atom stereocenters. The number of hydrogen-bond acceptors (Lipinski definition) is 0. The second-order valence-electron chi connectivity index (χ2n) is 7.58. The first-order chi connectivity index (χ1) is 8.71. The van der Waals surface area contributed by atoms with Crippen LogP contribution in [0.5, 0.6) is 0 Å². The fourth-order valence-corrected chi connectivity index (χ4v) is 10.8. The minimum atomic E-state index is -2.06. The van der Waals surface area contributed by atoms with Gasteiger partial charge in [0, 0.05) is 0 Å². The average Bonchev–Trinajstić information content (AvgIpc) is 2.35. The molecule has 0 saturated heterocycles. The van der Waals surface area contributed by atoms with E-state index in [-0.39, 0.29) is 0 Å². The Bertz CT molecular complexity index is 610. The Balaban J connectivity index is 2.55. The van der Waals surface area contributed by atoms with E-state index in [0.29, 0.717) is 8.49 Å². The molecule has 0 saturated carbocycles. The summed E-state index contributed by atoms with van der Waals surface area (Å²) in [5.74, 6) is 5.21. The molecule has 2 aromatic carbocycles. The zero-order chi connectivity index (χ0) is 14.1. The van der Waals surface area contributed by atoms with Crippen LogP contribution in [0.4, 0.5) is 0 Å². The molecule has 0 aliphatic carbocycles. The number of hydrogen-bond donors (Lipinski definition) is 0. The van der Waals surface area contributed by atoms with Crippen molar-refractivity contribution in [3.8, 4) is 0 Å². The molecule has 0 spiro atoms. The van der Waals surface area contributed by atoms with Crippen LogP contribution in [0, 0.1) is 0 Å². The Hall–Kier alpha value is -0.757. The van der Waals surface area contributed by atoms with Crippen molar-refractivity contribution in [3.63, 3.8) is 0 Å². The summed E-state index contributed by atoms with van der Waals surface area (Å²) in [6.07, 6.45) is 0. The van der Waals surface area contributed by atoms with Gasteiger partial charge in [0.05, 0.1) is 0 Å². The summed E-state index contributed by atoms with van der Waals surface area (Å²) in [7, 11) is 0. The molecule has 100 valence electrons. The minimum absolute atomic E-state index is 0.358. The second kappa shape index (κ2) is 3.66. The van der Waals surface area contributed by atoms with Crippen molar-refractivity contribution in [2.24, 2.45) is 0 Å². The summed E-state index contributed by atoms with van der Waals surface area (Å²) in [6, 6.07) is 13.7. The van der Waals surface area contributed by atoms with Gasteiger partial charge in [0.2, 0.25) is 0 Å². The van der Waals surface area contributed by atoms with E-state index in [2.05, 4.69) is 75.6 Å². The van der Waals surface area contributed by atoms with Crippen molar-refractivity contribution in [2.75, 3.05) is 0 Å². The normalized spacial score (nSPS) is 22.4. The van der Waals surface area contributed by atoms with Gasteiger partial charge in [-0.2, -0.15) is 0 Å². The first-order valence-corrected chi connectivity index (χ1v) is 13.5. The molecule has 1 heteroatoms. The Labute approximate surface area is 119 Å².